The number of hydrogen-bond acceptors (Lipinski definition) is 4. The fraction of sp³-hybridized carbons (Fsp3) is 0.786. The van der Waals surface area contributed by atoms with Crippen molar-refractivity contribution >= 4 is 10.0 Å². The second-order valence-corrected chi connectivity index (χ2v) is 8.07. The summed E-state index contributed by atoms with van der Waals surface area (Å²) >= 11 is 0. The summed E-state index contributed by atoms with van der Waals surface area (Å²) in [5.41, 5.74) is 1.21. The first kappa shape index (κ1) is 15.0. The second kappa shape index (κ2) is 5.70. The number of H-pyrrole nitrogens is 1. The number of nitrogens with one attached hydrogen (secondary N) is 3. The van der Waals surface area contributed by atoms with Crippen molar-refractivity contribution in [3.05, 3.63) is 11.4 Å². The Kier molecular flexibility index (Phi) is 4.07. The summed E-state index contributed by atoms with van der Waals surface area (Å²) in [6.45, 7) is 4.38. The third kappa shape index (κ3) is 3.30. The molecule has 0 bridgehead atoms. The minimum Gasteiger partial charge on any atom is -0.308 e. The molecule has 0 amide bonds. The van der Waals surface area contributed by atoms with Crippen LogP contribution in [-0.4, -0.2) is 30.7 Å². The molecule has 0 aromatic carbocycles. The van der Waals surface area contributed by atoms with Gasteiger partial charge in [0.2, 0.25) is 10.0 Å². The number of aromatic nitrogens is 2. The zero-order chi connectivity index (χ0) is 15.0. The molecule has 2 aliphatic rings. The van der Waals surface area contributed by atoms with Crippen LogP contribution >= 0.6 is 0 Å². The summed E-state index contributed by atoms with van der Waals surface area (Å²) in [6.07, 6.45) is 5.45. The summed E-state index contributed by atoms with van der Waals surface area (Å²) < 4.78 is 28.3. The van der Waals surface area contributed by atoms with E-state index >= 15 is 0 Å². The van der Waals surface area contributed by atoms with E-state index in [0.29, 0.717) is 34.8 Å². The lowest BCUT2D eigenvalue weighted by Gasteiger charge is -2.17. The van der Waals surface area contributed by atoms with Gasteiger partial charge < -0.3 is 5.32 Å². The number of aryl methyl sites for hydroxylation is 1. The highest BCUT2D eigenvalue weighted by atomic mass is 32.2. The first-order valence-corrected chi connectivity index (χ1v) is 9.25. The van der Waals surface area contributed by atoms with Crippen molar-refractivity contribution in [3.8, 4) is 0 Å². The standard InChI is InChI=1S/C14H24N4O2S/c1-9-4-3-5-12(9)18-21(19,20)14-10(2)16-17-13(14)8-15-11-6-7-11/h9,11-12,15,18H,3-8H2,1-2H3,(H,16,17). The van der Waals surface area contributed by atoms with Crippen LogP contribution in [0.15, 0.2) is 4.90 Å². The highest BCUT2D eigenvalue weighted by Crippen LogP contribution is 2.28. The van der Waals surface area contributed by atoms with Gasteiger partial charge in [0.05, 0.1) is 11.4 Å². The molecule has 6 nitrogen and oxygen atoms in total. The number of rotatable bonds is 6. The molecule has 2 fully saturated rings. The molecule has 3 rings (SSSR count). The van der Waals surface area contributed by atoms with Gasteiger partial charge in [0.15, 0.2) is 0 Å². The Balaban J connectivity index is 1.78. The third-order valence-corrected chi connectivity index (χ3v) is 6.23. The van der Waals surface area contributed by atoms with Gasteiger partial charge in [-0.15, -0.1) is 0 Å². The lowest BCUT2D eigenvalue weighted by Crippen LogP contribution is -2.37. The Morgan fingerprint density at radius 2 is 2.05 bits per heavy atom. The minimum atomic E-state index is -3.51. The highest BCUT2D eigenvalue weighted by Gasteiger charge is 2.32. The lowest BCUT2D eigenvalue weighted by molar-refractivity contribution is 0.475. The molecule has 7 heteroatoms. The molecule has 0 aliphatic heterocycles. The molecule has 118 valence electrons. The minimum absolute atomic E-state index is 0.0496. The normalized spacial score (nSPS) is 26.4. The van der Waals surface area contributed by atoms with Crippen LogP contribution in [0.25, 0.3) is 0 Å². The first-order valence-electron chi connectivity index (χ1n) is 7.77. The van der Waals surface area contributed by atoms with Crippen molar-refractivity contribution in [2.75, 3.05) is 0 Å². The lowest BCUT2D eigenvalue weighted by atomic mass is 10.1. The predicted molar refractivity (Wildman–Crippen MR) is 80.3 cm³/mol. The molecule has 2 aliphatic carbocycles. The Morgan fingerprint density at radius 1 is 1.29 bits per heavy atom. The third-order valence-electron chi connectivity index (χ3n) is 4.53. The summed E-state index contributed by atoms with van der Waals surface area (Å²) in [7, 11) is -3.51. The largest absolute Gasteiger partial charge is 0.308 e. The van der Waals surface area contributed by atoms with Crippen LogP contribution in [0.5, 0.6) is 0 Å². The zero-order valence-electron chi connectivity index (χ0n) is 12.6. The fourth-order valence-corrected chi connectivity index (χ4v) is 4.80. The predicted octanol–water partition coefficient (Wildman–Crippen LogP) is 1.44. The smallest absolute Gasteiger partial charge is 0.244 e. The number of aromatic amines is 1. The van der Waals surface area contributed by atoms with Crippen LogP contribution in [0, 0.1) is 12.8 Å². The van der Waals surface area contributed by atoms with E-state index in [4.69, 9.17) is 0 Å². The summed E-state index contributed by atoms with van der Waals surface area (Å²) in [5, 5.41) is 10.3. The van der Waals surface area contributed by atoms with Gasteiger partial charge in [-0.1, -0.05) is 13.3 Å². The van der Waals surface area contributed by atoms with Crippen LogP contribution < -0.4 is 10.0 Å². The van der Waals surface area contributed by atoms with Crippen LogP contribution in [0.1, 0.15) is 50.4 Å². The molecule has 2 unspecified atom stereocenters. The van der Waals surface area contributed by atoms with Gasteiger partial charge in [-0.2, -0.15) is 5.10 Å². The Labute approximate surface area is 126 Å². The average Bonchev–Trinajstić information content (AvgIpc) is 3.06. The molecule has 1 aromatic heterocycles. The van der Waals surface area contributed by atoms with E-state index < -0.39 is 10.0 Å². The van der Waals surface area contributed by atoms with E-state index in [9.17, 15) is 8.42 Å². The number of hydrogen-bond donors (Lipinski definition) is 3. The second-order valence-electron chi connectivity index (χ2n) is 6.42. The summed E-state index contributed by atoms with van der Waals surface area (Å²) in [5.74, 6) is 0.403. The molecule has 2 atom stereocenters. The van der Waals surface area contributed by atoms with E-state index in [2.05, 4.69) is 27.2 Å². The van der Waals surface area contributed by atoms with E-state index in [1.165, 1.54) is 12.8 Å². The van der Waals surface area contributed by atoms with E-state index in [-0.39, 0.29) is 6.04 Å². The topological polar surface area (TPSA) is 86.9 Å². The summed E-state index contributed by atoms with van der Waals surface area (Å²) in [6, 6.07) is 0.578. The maximum atomic E-state index is 12.7. The Hall–Kier alpha value is -0.920. The van der Waals surface area contributed by atoms with Crippen molar-refractivity contribution in [1.29, 1.82) is 0 Å². The van der Waals surface area contributed by atoms with Crippen molar-refractivity contribution in [2.24, 2.45) is 5.92 Å². The van der Waals surface area contributed by atoms with E-state index in [0.717, 1.165) is 19.3 Å². The molecule has 1 heterocycles. The van der Waals surface area contributed by atoms with Crippen LogP contribution in [0.2, 0.25) is 0 Å². The maximum Gasteiger partial charge on any atom is 0.244 e. The molecule has 21 heavy (non-hydrogen) atoms. The monoisotopic (exact) mass is 312 g/mol. The van der Waals surface area contributed by atoms with Gasteiger partial charge in [-0.25, -0.2) is 13.1 Å². The van der Waals surface area contributed by atoms with Crippen molar-refractivity contribution in [3.63, 3.8) is 0 Å². The number of nitrogens with zero attached hydrogens (tertiary/aromatic N) is 1. The zero-order valence-corrected chi connectivity index (χ0v) is 13.5. The van der Waals surface area contributed by atoms with E-state index in [1.807, 2.05) is 0 Å². The average molecular weight is 312 g/mol. The van der Waals surface area contributed by atoms with Gasteiger partial charge in [0.25, 0.3) is 0 Å². The van der Waals surface area contributed by atoms with Gasteiger partial charge in [0.1, 0.15) is 4.90 Å². The molecule has 2 saturated carbocycles. The van der Waals surface area contributed by atoms with Crippen molar-refractivity contribution in [1.82, 2.24) is 20.2 Å². The molecule has 0 spiro atoms. The molecule has 0 saturated heterocycles. The Bertz CT molecular complexity index is 606. The quantitative estimate of drug-likeness (QED) is 0.742. The molecule has 1 aromatic rings. The van der Waals surface area contributed by atoms with Gasteiger partial charge in [-0.05, 0) is 38.5 Å². The molecule has 3 N–H and O–H groups in total. The SMILES string of the molecule is Cc1[nH]nc(CNC2CC2)c1S(=O)(=O)NC1CCCC1C. The van der Waals surface area contributed by atoms with E-state index in [1.54, 1.807) is 6.92 Å². The van der Waals surface area contributed by atoms with Gasteiger partial charge >= 0.3 is 0 Å². The van der Waals surface area contributed by atoms with Crippen LogP contribution in [-0.2, 0) is 16.6 Å². The van der Waals surface area contributed by atoms with Crippen molar-refractivity contribution < 1.29 is 8.42 Å². The summed E-state index contributed by atoms with van der Waals surface area (Å²) in [4.78, 5) is 0.328. The first-order chi connectivity index (χ1) is 9.97. The number of sulfonamides is 1. The van der Waals surface area contributed by atoms with Crippen molar-refractivity contribution in [2.45, 2.75) is 69.5 Å². The molecular formula is C14H24N4O2S. The maximum absolute atomic E-state index is 12.7. The van der Waals surface area contributed by atoms with Gasteiger partial charge in [-0.3, -0.25) is 5.10 Å². The highest BCUT2D eigenvalue weighted by molar-refractivity contribution is 7.89. The fourth-order valence-electron chi connectivity index (χ4n) is 3.05. The Morgan fingerprint density at radius 3 is 2.67 bits per heavy atom. The molecular weight excluding hydrogens is 288 g/mol. The van der Waals surface area contributed by atoms with Crippen LogP contribution in [0.4, 0.5) is 0 Å². The van der Waals surface area contributed by atoms with Crippen LogP contribution in [0.3, 0.4) is 0 Å². The molecule has 0 radical (unpaired) electrons. The van der Waals surface area contributed by atoms with Gasteiger partial charge in [0, 0.05) is 18.6 Å².